The highest BCUT2D eigenvalue weighted by atomic mass is 16.3. The van der Waals surface area contributed by atoms with Crippen molar-refractivity contribution in [3.05, 3.63) is 18.0 Å². The molecule has 12 heavy (non-hydrogen) atoms. The van der Waals surface area contributed by atoms with Crippen LogP contribution >= 0.6 is 0 Å². The van der Waals surface area contributed by atoms with Crippen LogP contribution in [-0.4, -0.2) is 14.9 Å². The molecule has 3 nitrogen and oxygen atoms in total. The Morgan fingerprint density at radius 1 is 1.50 bits per heavy atom. The molecule has 0 aromatic carbocycles. The number of aliphatic hydroxyl groups excluding tert-OH is 1. The van der Waals surface area contributed by atoms with Crippen LogP contribution in [0.1, 0.15) is 38.4 Å². The first-order chi connectivity index (χ1) is 5.81. The number of nitrogens with zero attached hydrogens (tertiary/aromatic N) is 2. The zero-order valence-corrected chi connectivity index (χ0v) is 7.70. The average Bonchev–Trinajstić information content (AvgIpc) is 2.55. The summed E-state index contributed by atoms with van der Waals surface area (Å²) in [6.07, 6.45) is 4.11. The smallest absolute Gasteiger partial charge is 0.0879 e. The minimum Gasteiger partial charge on any atom is -0.390 e. The van der Waals surface area contributed by atoms with E-state index in [1.165, 1.54) is 0 Å². The Hall–Kier alpha value is -0.830. The van der Waals surface area contributed by atoms with Crippen LogP contribution < -0.4 is 0 Å². The molecule has 1 N–H and O–H groups in total. The third kappa shape index (κ3) is 1.85. The van der Waals surface area contributed by atoms with E-state index in [2.05, 4.69) is 18.9 Å². The minimum atomic E-state index is 0.0349. The Labute approximate surface area is 73.0 Å². The van der Waals surface area contributed by atoms with Crippen molar-refractivity contribution >= 4 is 0 Å². The Morgan fingerprint density at radius 2 is 2.17 bits per heavy atom. The van der Waals surface area contributed by atoms with Gasteiger partial charge in [-0.1, -0.05) is 13.8 Å². The van der Waals surface area contributed by atoms with E-state index >= 15 is 0 Å². The van der Waals surface area contributed by atoms with Crippen LogP contribution in [0.4, 0.5) is 0 Å². The van der Waals surface area contributed by atoms with Gasteiger partial charge in [0.1, 0.15) is 0 Å². The van der Waals surface area contributed by atoms with Crippen molar-refractivity contribution in [3.63, 3.8) is 0 Å². The highest BCUT2D eigenvalue weighted by molar-refractivity contribution is 4.97. The first kappa shape index (κ1) is 9.26. The number of aliphatic hydroxyl groups is 1. The Kier molecular flexibility index (Phi) is 3.29. The van der Waals surface area contributed by atoms with E-state index in [9.17, 15) is 0 Å². The maximum Gasteiger partial charge on any atom is 0.0879 e. The molecule has 3 heteroatoms. The van der Waals surface area contributed by atoms with Crippen molar-refractivity contribution < 1.29 is 5.11 Å². The molecule has 0 aliphatic rings. The van der Waals surface area contributed by atoms with E-state index in [1.54, 1.807) is 0 Å². The third-order valence-electron chi connectivity index (χ3n) is 2.14. The second-order valence-corrected chi connectivity index (χ2v) is 2.92. The van der Waals surface area contributed by atoms with Crippen molar-refractivity contribution in [1.82, 2.24) is 9.78 Å². The molecule has 0 radical (unpaired) electrons. The van der Waals surface area contributed by atoms with E-state index in [4.69, 9.17) is 5.11 Å². The van der Waals surface area contributed by atoms with Crippen molar-refractivity contribution in [3.8, 4) is 0 Å². The fourth-order valence-electron chi connectivity index (χ4n) is 1.33. The van der Waals surface area contributed by atoms with Gasteiger partial charge in [-0.25, -0.2) is 0 Å². The van der Waals surface area contributed by atoms with Gasteiger partial charge < -0.3 is 5.11 Å². The van der Waals surface area contributed by atoms with Gasteiger partial charge in [0.05, 0.1) is 18.3 Å². The predicted molar refractivity (Wildman–Crippen MR) is 47.8 cm³/mol. The average molecular weight is 168 g/mol. The topological polar surface area (TPSA) is 38.0 Å². The molecule has 0 bridgehead atoms. The maximum absolute atomic E-state index is 8.80. The van der Waals surface area contributed by atoms with E-state index in [1.807, 2.05) is 16.9 Å². The lowest BCUT2D eigenvalue weighted by Gasteiger charge is -2.12. The van der Waals surface area contributed by atoms with Crippen LogP contribution in [0.25, 0.3) is 0 Å². The van der Waals surface area contributed by atoms with Crippen LogP contribution in [0.15, 0.2) is 12.3 Å². The van der Waals surface area contributed by atoms with Gasteiger partial charge in [0.15, 0.2) is 0 Å². The highest BCUT2D eigenvalue weighted by Gasteiger charge is 2.06. The van der Waals surface area contributed by atoms with E-state index in [0.717, 1.165) is 18.5 Å². The van der Waals surface area contributed by atoms with Crippen LogP contribution in [0, 0.1) is 0 Å². The molecule has 1 heterocycles. The molecule has 1 rings (SSSR count). The summed E-state index contributed by atoms with van der Waals surface area (Å²) in [4.78, 5) is 0. The molecule has 0 saturated carbocycles. The summed E-state index contributed by atoms with van der Waals surface area (Å²) in [7, 11) is 0. The van der Waals surface area contributed by atoms with Crippen molar-refractivity contribution in [1.29, 1.82) is 0 Å². The van der Waals surface area contributed by atoms with Gasteiger partial charge in [0, 0.05) is 6.20 Å². The molecule has 68 valence electrons. The molecular formula is C9H16N2O. The zero-order valence-electron chi connectivity index (χ0n) is 7.70. The van der Waals surface area contributed by atoms with E-state index in [0.29, 0.717) is 6.04 Å². The number of rotatable bonds is 4. The standard InChI is InChI=1S/C9H16N2O/c1-3-9(4-2)11-6-5-8(7-12)10-11/h5-6,9,12H,3-4,7H2,1-2H3. The quantitative estimate of drug-likeness (QED) is 0.743. The largest absolute Gasteiger partial charge is 0.390 e. The second kappa shape index (κ2) is 4.26. The second-order valence-electron chi connectivity index (χ2n) is 2.92. The fourth-order valence-corrected chi connectivity index (χ4v) is 1.33. The fraction of sp³-hybridized carbons (Fsp3) is 0.667. The molecule has 0 aliphatic heterocycles. The molecule has 0 fully saturated rings. The van der Waals surface area contributed by atoms with Crippen molar-refractivity contribution in [2.75, 3.05) is 0 Å². The van der Waals surface area contributed by atoms with Gasteiger partial charge >= 0.3 is 0 Å². The van der Waals surface area contributed by atoms with Gasteiger partial charge in [-0.3, -0.25) is 4.68 Å². The molecule has 0 saturated heterocycles. The summed E-state index contributed by atoms with van der Waals surface area (Å²) in [6.45, 7) is 4.33. The van der Waals surface area contributed by atoms with Crippen LogP contribution in [0.5, 0.6) is 0 Å². The van der Waals surface area contributed by atoms with E-state index < -0.39 is 0 Å². The lowest BCUT2D eigenvalue weighted by atomic mass is 10.2. The summed E-state index contributed by atoms with van der Waals surface area (Å²) in [5.74, 6) is 0. The molecule has 0 spiro atoms. The van der Waals surface area contributed by atoms with Gasteiger partial charge in [-0.05, 0) is 18.9 Å². The van der Waals surface area contributed by atoms with Gasteiger partial charge in [-0.2, -0.15) is 5.10 Å². The molecular weight excluding hydrogens is 152 g/mol. The number of hydrogen-bond acceptors (Lipinski definition) is 2. The summed E-state index contributed by atoms with van der Waals surface area (Å²) in [5.41, 5.74) is 0.752. The number of aromatic nitrogens is 2. The molecule has 1 aromatic heterocycles. The Morgan fingerprint density at radius 3 is 2.58 bits per heavy atom. The molecule has 1 aromatic rings. The first-order valence-corrected chi connectivity index (χ1v) is 4.46. The molecule has 0 aliphatic carbocycles. The highest BCUT2D eigenvalue weighted by Crippen LogP contribution is 2.14. The molecule has 0 atom stereocenters. The number of hydrogen-bond donors (Lipinski definition) is 1. The van der Waals surface area contributed by atoms with Crippen LogP contribution in [-0.2, 0) is 6.61 Å². The summed E-state index contributed by atoms with van der Waals surface area (Å²) in [5, 5.41) is 13.0. The van der Waals surface area contributed by atoms with Gasteiger partial charge in [-0.15, -0.1) is 0 Å². The van der Waals surface area contributed by atoms with Crippen LogP contribution in [0.2, 0.25) is 0 Å². The zero-order chi connectivity index (χ0) is 8.97. The lowest BCUT2D eigenvalue weighted by Crippen LogP contribution is -2.07. The van der Waals surface area contributed by atoms with Gasteiger partial charge in [0.2, 0.25) is 0 Å². The summed E-state index contributed by atoms with van der Waals surface area (Å²) < 4.78 is 1.94. The lowest BCUT2D eigenvalue weighted by molar-refractivity contribution is 0.273. The normalized spacial score (nSPS) is 11.0. The first-order valence-electron chi connectivity index (χ1n) is 4.46. The molecule has 0 unspecified atom stereocenters. The van der Waals surface area contributed by atoms with E-state index in [-0.39, 0.29) is 6.61 Å². The monoisotopic (exact) mass is 168 g/mol. The van der Waals surface area contributed by atoms with Crippen molar-refractivity contribution in [2.45, 2.75) is 39.3 Å². The Bertz CT molecular complexity index is 228. The minimum absolute atomic E-state index is 0.0349. The molecule has 0 amide bonds. The summed E-state index contributed by atoms with van der Waals surface area (Å²) >= 11 is 0. The van der Waals surface area contributed by atoms with Crippen LogP contribution in [0.3, 0.4) is 0 Å². The van der Waals surface area contributed by atoms with Crippen molar-refractivity contribution in [2.24, 2.45) is 0 Å². The third-order valence-corrected chi connectivity index (χ3v) is 2.14. The Balaban J connectivity index is 2.72. The van der Waals surface area contributed by atoms with Gasteiger partial charge in [0.25, 0.3) is 0 Å². The maximum atomic E-state index is 8.80. The summed E-state index contributed by atoms with van der Waals surface area (Å²) in [6, 6.07) is 2.34. The predicted octanol–water partition coefficient (Wildman–Crippen LogP) is 1.74. The SMILES string of the molecule is CCC(CC)n1ccc(CO)n1.